The van der Waals surface area contributed by atoms with E-state index in [-0.39, 0.29) is 12.3 Å². The van der Waals surface area contributed by atoms with E-state index in [0.29, 0.717) is 5.76 Å². The van der Waals surface area contributed by atoms with E-state index >= 15 is 0 Å². The van der Waals surface area contributed by atoms with Gasteiger partial charge in [-0.3, -0.25) is 4.79 Å². The van der Waals surface area contributed by atoms with Crippen LogP contribution in [0.4, 0.5) is 0 Å². The number of nitrogens with zero attached hydrogens (tertiary/aromatic N) is 1. The highest BCUT2D eigenvalue weighted by molar-refractivity contribution is 5.95. The van der Waals surface area contributed by atoms with Crippen molar-refractivity contribution in [1.82, 2.24) is 4.90 Å². The minimum Gasteiger partial charge on any atom is -0.480 e. The van der Waals surface area contributed by atoms with Crippen molar-refractivity contribution in [2.75, 3.05) is 7.05 Å². The molecule has 1 aromatic rings. The molecule has 0 radical (unpaired) electrons. The molecule has 6 nitrogen and oxygen atoms in total. The fourth-order valence-corrected chi connectivity index (χ4v) is 1.17. The lowest BCUT2D eigenvalue weighted by Crippen LogP contribution is -2.50. The zero-order chi connectivity index (χ0) is 13.2. The van der Waals surface area contributed by atoms with Crippen LogP contribution in [0.1, 0.15) is 30.2 Å². The van der Waals surface area contributed by atoms with Crippen LogP contribution in [0.5, 0.6) is 0 Å². The van der Waals surface area contributed by atoms with Crippen molar-refractivity contribution in [1.29, 1.82) is 0 Å². The van der Waals surface area contributed by atoms with E-state index in [1.807, 2.05) is 0 Å². The minimum atomic E-state index is -1.30. The van der Waals surface area contributed by atoms with Crippen molar-refractivity contribution in [2.24, 2.45) is 5.73 Å². The predicted molar refractivity (Wildman–Crippen MR) is 60.4 cm³/mol. The highest BCUT2D eigenvalue weighted by atomic mass is 16.4. The molecule has 0 aromatic carbocycles. The Morgan fingerprint density at radius 3 is 2.47 bits per heavy atom. The SMILES string of the molecule is CN(C(=O)c1ccc(CN)o1)C(C)(C)C(=O)O. The third-order valence-corrected chi connectivity index (χ3v) is 2.74. The van der Waals surface area contributed by atoms with Crippen molar-refractivity contribution >= 4 is 11.9 Å². The molecule has 0 aliphatic carbocycles. The summed E-state index contributed by atoms with van der Waals surface area (Å²) in [6, 6.07) is 3.08. The summed E-state index contributed by atoms with van der Waals surface area (Å²) in [4.78, 5) is 24.1. The summed E-state index contributed by atoms with van der Waals surface area (Å²) >= 11 is 0. The monoisotopic (exact) mass is 240 g/mol. The lowest BCUT2D eigenvalue weighted by Gasteiger charge is -2.30. The third-order valence-electron chi connectivity index (χ3n) is 2.74. The number of likely N-dealkylation sites (N-methyl/N-ethyl adjacent to an activating group) is 1. The van der Waals surface area contributed by atoms with Gasteiger partial charge in [0.15, 0.2) is 5.76 Å². The molecule has 1 rings (SSSR count). The molecule has 0 saturated carbocycles. The number of furan rings is 1. The van der Waals surface area contributed by atoms with E-state index < -0.39 is 17.4 Å². The molecule has 0 aliphatic rings. The van der Waals surface area contributed by atoms with Gasteiger partial charge in [0.1, 0.15) is 11.3 Å². The first-order chi connectivity index (χ1) is 7.80. The number of amides is 1. The Hall–Kier alpha value is -1.82. The van der Waals surface area contributed by atoms with Gasteiger partial charge in [0.2, 0.25) is 0 Å². The van der Waals surface area contributed by atoms with E-state index in [2.05, 4.69) is 0 Å². The number of nitrogens with two attached hydrogens (primary N) is 1. The summed E-state index contributed by atoms with van der Waals surface area (Å²) in [6.45, 7) is 3.08. The Balaban J connectivity index is 2.94. The smallest absolute Gasteiger partial charge is 0.329 e. The second-order valence-corrected chi connectivity index (χ2v) is 4.20. The summed E-state index contributed by atoms with van der Waals surface area (Å²) in [5.41, 5.74) is 4.06. The average molecular weight is 240 g/mol. The molecule has 0 saturated heterocycles. The maximum absolute atomic E-state index is 12.0. The zero-order valence-electron chi connectivity index (χ0n) is 10.1. The molecular weight excluding hydrogens is 224 g/mol. The van der Waals surface area contributed by atoms with E-state index in [0.717, 1.165) is 4.90 Å². The number of carboxylic acids is 1. The van der Waals surface area contributed by atoms with Crippen LogP contribution in [-0.4, -0.2) is 34.5 Å². The normalized spacial score (nSPS) is 11.3. The minimum absolute atomic E-state index is 0.0854. The maximum atomic E-state index is 12.0. The number of carboxylic acid groups (broad SMARTS) is 1. The highest BCUT2D eigenvalue weighted by Gasteiger charge is 2.36. The van der Waals surface area contributed by atoms with Crippen LogP contribution in [0.15, 0.2) is 16.5 Å². The Bertz CT molecular complexity index is 436. The molecule has 0 unspecified atom stereocenters. The molecule has 0 spiro atoms. The Labute approximate surface area is 99.0 Å². The molecule has 1 amide bonds. The lowest BCUT2D eigenvalue weighted by molar-refractivity contribution is -0.147. The van der Waals surface area contributed by atoms with Gasteiger partial charge in [0.25, 0.3) is 5.91 Å². The summed E-state index contributed by atoms with van der Waals surface area (Å²) < 4.78 is 5.18. The predicted octanol–water partition coefficient (Wildman–Crippen LogP) is 0.673. The first-order valence-electron chi connectivity index (χ1n) is 5.11. The first-order valence-corrected chi connectivity index (χ1v) is 5.11. The number of hydrogen-bond donors (Lipinski definition) is 2. The molecule has 3 N–H and O–H groups in total. The maximum Gasteiger partial charge on any atom is 0.329 e. The molecule has 0 aliphatic heterocycles. The van der Waals surface area contributed by atoms with E-state index in [4.69, 9.17) is 15.3 Å². The third kappa shape index (κ3) is 2.47. The molecule has 0 fully saturated rings. The van der Waals surface area contributed by atoms with Crippen molar-refractivity contribution < 1.29 is 19.1 Å². The topological polar surface area (TPSA) is 96.8 Å². The zero-order valence-corrected chi connectivity index (χ0v) is 10.1. The number of aliphatic carboxylic acids is 1. The number of hydrogen-bond acceptors (Lipinski definition) is 4. The van der Waals surface area contributed by atoms with Gasteiger partial charge in [-0.1, -0.05) is 0 Å². The van der Waals surface area contributed by atoms with Gasteiger partial charge in [0.05, 0.1) is 6.54 Å². The Morgan fingerprint density at radius 1 is 1.47 bits per heavy atom. The first kappa shape index (κ1) is 13.2. The molecule has 0 bridgehead atoms. The molecule has 94 valence electrons. The number of rotatable bonds is 4. The van der Waals surface area contributed by atoms with Crippen LogP contribution < -0.4 is 5.73 Å². The van der Waals surface area contributed by atoms with Crippen molar-refractivity contribution in [3.63, 3.8) is 0 Å². The molecule has 0 atom stereocenters. The van der Waals surface area contributed by atoms with Gasteiger partial charge in [0, 0.05) is 7.05 Å². The van der Waals surface area contributed by atoms with Gasteiger partial charge in [-0.2, -0.15) is 0 Å². The average Bonchev–Trinajstić information content (AvgIpc) is 2.75. The standard InChI is InChI=1S/C11H16N2O4/c1-11(2,10(15)16)13(3)9(14)8-5-4-7(6-12)17-8/h4-5H,6,12H2,1-3H3,(H,15,16). The molecule has 6 heteroatoms. The van der Waals surface area contributed by atoms with Crippen LogP contribution in [0.3, 0.4) is 0 Å². The quantitative estimate of drug-likeness (QED) is 0.806. The van der Waals surface area contributed by atoms with E-state index in [9.17, 15) is 9.59 Å². The molecule has 1 heterocycles. The number of carbonyl (C=O) groups excluding carboxylic acids is 1. The summed E-state index contributed by atoms with van der Waals surface area (Å²) in [5.74, 6) is -1.01. The number of carbonyl (C=O) groups is 2. The Kier molecular flexibility index (Phi) is 3.57. The van der Waals surface area contributed by atoms with Crippen LogP contribution in [0, 0.1) is 0 Å². The van der Waals surface area contributed by atoms with Crippen molar-refractivity contribution in [3.05, 3.63) is 23.7 Å². The largest absolute Gasteiger partial charge is 0.480 e. The van der Waals surface area contributed by atoms with Gasteiger partial charge in [-0.15, -0.1) is 0 Å². The van der Waals surface area contributed by atoms with Crippen LogP contribution in [0.2, 0.25) is 0 Å². The second kappa shape index (κ2) is 4.58. The summed E-state index contributed by atoms with van der Waals surface area (Å²) in [7, 11) is 1.42. The van der Waals surface area contributed by atoms with Crippen LogP contribution in [0.25, 0.3) is 0 Å². The van der Waals surface area contributed by atoms with Gasteiger partial charge in [-0.05, 0) is 26.0 Å². The fraction of sp³-hybridized carbons (Fsp3) is 0.455. The second-order valence-electron chi connectivity index (χ2n) is 4.20. The Morgan fingerprint density at radius 2 is 2.06 bits per heavy atom. The molecular formula is C11H16N2O4. The van der Waals surface area contributed by atoms with Crippen LogP contribution in [-0.2, 0) is 11.3 Å². The van der Waals surface area contributed by atoms with Gasteiger partial charge in [-0.25, -0.2) is 4.79 Å². The van der Waals surface area contributed by atoms with E-state index in [1.54, 1.807) is 6.07 Å². The van der Waals surface area contributed by atoms with Gasteiger partial charge < -0.3 is 20.2 Å². The van der Waals surface area contributed by atoms with E-state index in [1.165, 1.54) is 27.0 Å². The van der Waals surface area contributed by atoms with Gasteiger partial charge >= 0.3 is 5.97 Å². The van der Waals surface area contributed by atoms with Crippen LogP contribution >= 0.6 is 0 Å². The van der Waals surface area contributed by atoms with Crippen molar-refractivity contribution in [3.8, 4) is 0 Å². The van der Waals surface area contributed by atoms with Crippen molar-refractivity contribution in [2.45, 2.75) is 25.9 Å². The molecule has 17 heavy (non-hydrogen) atoms. The lowest BCUT2D eigenvalue weighted by atomic mass is 10.0. The molecule has 1 aromatic heterocycles. The summed E-state index contributed by atoms with van der Waals surface area (Å²) in [5, 5.41) is 9.01. The fourth-order valence-electron chi connectivity index (χ4n) is 1.17. The summed E-state index contributed by atoms with van der Waals surface area (Å²) in [6.07, 6.45) is 0. The highest BCUT2D eigenvalue weighted by Crippen LogP contribution is 2.17.